The van der Waals surface area contributed by atoms with Crippen molar-refractivity contribution in [3.63, 3.8) is 0 Å². The maximum absolute atomic E-state index is 13.6. The average molecular weight is 344 g/mol. The summed E-state index contributed by atoms with van der Waals surface area (Å²) < 4.78 is 13.6. The van der Waals surface area contributed by atoms with E-state index in [0.717, 1.165) is 0 Å². The van der Waals surface area contributed by atoms with Gasteiger partial charge in [0.25, 0.3) is 11.8 Å². The first-order valence-electron chi connectivity index (χ1n) is 8.00. The summed E-state index contributed by atoms with van der Waals surface area (Å²) in [5, 5.41) is 15.3. The normalized spacial score (nSPS) is 11.9. The smallest absolute Gasteiger partial charge is 0.251 e. The lowest BCUT2D eigenvalue weighted by atomic mass is 10.1. The molecule has 0 radical (unpaired) electrons. The Morgan fingerprint density at radius 1 is 1.00 bits per heavy atom. The Morgan fingerprint density at radius 3 is 2.12 bits per heavy atom. The number of hydrogen-bond donors (Lipinski definition) is 3. The minimum atomic E-state index is -1.14. The number of benzene rings is 2. The first kappa shape index (κ1) is 18.6. The summed E-state index contributed by atoms with van der Waals surface area (Å²) in [5.41, 5.74) is 0.932. The van der Waals surface area contributed by atoms with E-state index in [1.807, 2.05) is 13.8 Å². The van der Waals surface area contributed by atoms with Crippen LogP contribution in [0.15, 0.2) is 48.5 Å². The summed E-state index contributed by atoms with van der Waals surface area (Å²) in [6.07, 6.45) is -1.14. The van der Waals surface area contributed by atoms with E-state index in [4.69, 9.17) is 0 Å². The molecule has 0 spiro atoms. The molecule has 0 saturated heterocycles. The second-order valence-electron chi connectivity index (χ2n) is 5.95. The largest absolute Gasteiger partial charge is 0.386 e. The highest BCUT2D eigenvalue weighted by Crippen LogP contribution is 2.15. The molecule has 2 aromatic rings. The fraction of sp³-hybridized carbons (Fsp3) is 0.263. The number of amides is 2. The van der Waals surface area contributed by atoms with Crippen molar-refractivity contribution in [3.8, 4) is 0 Å². The van der Waals surface area contributed by atoms with Crippen LogP contribution >= 0.6 is 0 Å². The Labute approximate surface area is 145 Å². The van der Waals surface area contributed by atoms with Gasteiger partial charge in [0.05, 0.1) is 6.10 Å². The van der Waals surface area contributed by atoms with Crippen LogP contribution in [0.4, 0.5) is 4.39 Å². The van der Waals surface area contributed by atoms with Crippen molar-refractivity contribution >= 4 is 11.8 Å². The number of rotatable bonds is 6. The molecule has 0 aliphatic carbocycles. The predicted octanol–water partition coefficient (Wildman–Crippen LogP) is 2.43. The van der Waals surface area contributed by atoms with E-state index in [0.29, 0.717) is 11.1 Å². The van der Waals surface area contributed by atoms with Crippen molar-refractivity contribution in [2.75, 3.05) is 6.54 Å². The zero-order valence-corrected chi connectivity index (χ0v) is 14.1. The highest BCUT2D eigenvalue weighted by Gasteiger charge is 2.14. The predicted molar refractivity (Wildman–Crippen MR) is 92.7 cm³/mol. The van der Waals surface area contributed by atoms with Crippen LogP contribution in [0.5, 0.6) is 0 Å². The van der Waals surface area contributed by atoms with Crippen molar-refractivity contribution in [2.24, 2.45) is 0 Å². The fourth-order valence-corrected chi connectivity index (χ4v) is 2.27. The van der Waals surface area contributed by atoms with E-state index >= 15 is 0 Å². The summed E-state index contributed by atoms with van der Waals surface area (Å²) in [5.74, 6) is -1.15. The van der Waals surface area contributed by atoms with Crippen LogP contribution < -0.4 is 10.6 Å². The van der Waals surface area contributed by atoms with Crippen LogP contribution in [-0.2, 0) is 0 Å². The molecule has 0 aliphatic rings. The quantitative estimate of drug-likeness (QED) is 0.753. The summed E-state index contributed by atoms with van der Waals surface area (Å²) in [7, 11) is 0. The molecule has 3 N–H and O–H groups in total. The van der Waals surface area contributed by atoms with Crippen molar-refractivity contribution in [3.05, 3.63) is 71.0 Å². The molecule has 1 unspecified atom stereocenters. The number of nitrogens with one attached hydrogen (secondary N) is 2. The molecule has 132 valence electrons. The monoisotopic (exact) mass is 344 g/mol. The molecule has 0 fully saturated rings. The van der Waals surface area contributed by atoms with Crippen molar-refractivity contribution in [1.29, 1.82) is 0 Å². The molecule has 0 aliphatic heterocycles. The first-order valence-corrected chi connectivity index (χ1v) is 8.00. The third-order valence-electron chi connectivity index (χ3n) is 3.55. The lowest BCUT2D eigenvalue weighted by molar-refractivity contribution is 0.0910. The molecule has 25 heavy (non-hydrogen) atoms. The van der Waals surface area contributed by atoms with Gasteiger partial charge in [-0.15, -0.1) is 0 Å². The number of aliphatic hydroxyl groups is 1. The third kappa shape index (κ3) is 5.12. The number of hydrogen-bond acceptors (Lipinski definition) is 3. The van der Waals surface area contributed by atoms with Gasteiger partial charge in [0.1, 0.15) is 5.82 Å². The van der Waals surface area contributed by atoms with Crippen LogP contribution in [-0.4, -0.2) is 29.5 Å². The highest BCUT2D eigenvalue weighted by atomic mass is 19.1. The molecule has 1 atom stereocenters. The van der Waals surface area contributed by atoms with E-state index in [1.54, 1.807) is 18.2 Å². The van der Waals surface area contributed by atoms with E-state index in [-0.39, 0.29) is 24.1 Å². The highest BCUT2D eigenvalue weighted by molar-refractivity contribution is 5.97. The molecular weight excluding hydrogens is 323 g/mol. The minimum Gasteiger partial charge on any atom is -0.386 e. The molecule has 2 rings (SSSR count). The summed E-state index contributed by atoms with van der Waals surface area (Å²) >= 11 is 0. The van der Waals surface area contributed by atoms with Gasteiger partial charge in [-0.3, -0.25) is 9.59 Å². The Morgan fingerprint density at radius 2 is 1.56 bits per heavy atom. The Hall–Kier alpha value is -2.73. The van der Waals surface area contributed by atoms with Gasteiger partial charge in [-0.1, -0.05) is 18.2 Å². The molecule has 0 heterocycles. The molecule has 2 amide bonds. The van der Waals surface area contributed by atoms with Crippen LogP contribution in [0, 0.1) is 5.82 Å². The maximum Gasteiger partial charge on any atom is 0.251 e. The van der Waals surface area contributed by atoms with Gasteiger partial charge in [0.15, 0.2) is 0 Å². The topological polar surface area (TPSA) is 78.4 Å². The van der Waals surface area contributed by atoms with Gasteiger partial charge < -0.3 is 15.7 Å². The molecule has 2 aromatic carbocycles. The zero-order chi connectivity index (χ0) is 18.4. The van der Waals surface area contributed by atoms with Crippen LogP contribution in [0.3, 0.4) is 0 Å². The SMILES string of the molecule is CC(C)NC(=O)c1ccc(C(=O)NCC(O)c2ccccc2F)cc1. The average Bonchev–Trinajstić information content (AvgIpc) is 2.59. The van der Waals surface area contributed by atoms with E-state index in [1.165, 1.54) is 30.3 Å². The van der Waals surface area contributed by atoms with E-state index in [9.17, 15) is 19.1 Å². The summed E-state index contributed by atoms with van der Waals surface area (Å²) in [6.45, 7) is 3.61. The van der Waals surface area contributed by atoms with Crippen LogP contribution in [0.1, 0.15) is 46.2 Å². The second kappa shape index (κ2) is 8.39. The molecule has 6 heteroatoms. The van der Waals surface area contributed by atoms with Gasteiger partial charge >= 0.3 is 0 Å². The van der Waals surface area contributed by atoms with Gasteiger partial charge in [-0.2, -0.15) is 0 Å². The third-order valence-corrected chi connectivity index (χ3v) is 3.55. The van der Waals surface area contributed by atoms with Crippen molar-refractivity contribution < 1.29 is 19.1 Å². The fourth-order valence-electron chi connectivity index (χ4n) is 2.27. The lowest BCUT2D eigenvalue weighted by Gasteiger charge is -2.13. The first-order chi connectivity index (χ1) is 11.9. The van der Waals surface area contributed by atoms with Gasteiger partial charge in [-0.25, -0.2) is 4.39 Å². The standard InChI is InChI=1S/C19H21FN2O3/c1-12(2)22-19(25)14-9-7-13(8-10-14)18(24)21-11-17(23)15-5-3-4-6-16(15)20/h3-10,12,17,23H,11H2,1-2H3,(H,21,24)(H,22,25). The van der Waals surface area contributed by atoms with Crippen LogP contribution in [0.2, 0.25) is 0 Å². The Kier molecular flexibility index (Phi) is 6.25. The van der Waals surface area contributed by atoms with E-state index < -0.39 is 17.8 Å². The number of carbonyl (C=O) groups is 2. The van der Waals surface area contributed by atoms with Gasteiger partial charge in [0, 0.05) is 29.3 Å². The molecule has 5 nitrogen and oxygen atoms in total. The number of halogens is 1. The summed E-state index contributed by atoms with van der Waals surface area (Å²) in [4.78, 5) is 24.0. The maximum atomic E-state index is 13.6. The Balaban J connectivity index is 1.95. The number of carbonyl (C=O) groups excluding carboxylic acids is 2. The molecule has 0 aromatic heterocycles. The van der Waals surface area contributed by atoms with Crippen molar-refractivity contribution in [1.82, 2.24) is 10.6 Å². The minimum absolute atomic E-state index is 0.0235. The zero-order valence-electron chi connectivity index (χ0n) is 14.1. The molecular formula is C19H21FN2O3. The van der Waals surface area contributed by atoms with Gasteiger partial charge in [0.2, 0.25) is 0 Å². The van der Waals surface area contributed by atoms with E-state index in [2.05, 4.69) is 10.6 Å². The molecule has 0 saturated carbocycles. The van der Waals surface area contributed by atoms with Gasteiger partial charge in [-0.05, 0) is 44.2 Å². The van der Waals surface area contributed by atoms with Crippen molar-refractivity contribution in [2.45, 2.75) is 26.0 Å². The van der Waals surface area contributed by atoms with Crippen LogP contribution in [0.25, 0.3) is 0 Å². The molecule has 0 bridgehead atoms. The number of aliphatic hydroxyl groups excluding tert-OH is 1. The summed E-state index contributed by atoms with van der Waals surface area (Å²) in [6, 6.07) is 12.1. The lowest BCUT2D eigenvalue weighted by Crippen LogP contribution is -2.30. The Bertz CT molecular complexity index is 745. The second-order valence-corrected chi connectivity index (χ2v) is 5.95.